The summed E-state index contributed by atoms with van der Waals surface area (Å²) in [7, 11) is 0. The minimum absolute atomic E-state index is 0.0828. The van der Waals surface area contributed by atoms with Gasteiger partial charge in [-0.1, -0.05) is 30.0 Å². The minimum atomic E-state index is -0.599. The van der Waals surface area contributed by atoms with Crippen LogP contribution in [0.4, 0.5) is 8.78 Å². The van der Waals surface area contributed by atoms with Gasteiger partial charge in [-0.05, 0) is 30.5 Å². The summed E-state index contributed by atoms with van der Waals surface area (Å²) < 4.78 is 29.4. The number of benzene rings is 2. The van der Waals surface area contributed by atoms with Gasteiger partial charge in [0.15, 0.2) is 5.16 Å². The number of hydrogen-bond acceptors (Lipinski definition) is 2. The maximum Gasteiger partial charge on any atom is 0.173 e. The van der Waals surface area contributed by atoms with Crippen molar-refractivity contribution in [3.8, 4) is 5.69 Å². The van der Waals surface area contributed by atoms with Crippen LogP contribution in [0.2, 0.25) is 0 Å². The van der Waals surface area contributed by atoms with Crippen molar-refractivity contribution in [2.45, 2.75) is 5.16 Å². The van der Waals surface area contributed by atoms with Crippen LogP contribution in [0.1, 0.15) is 0 Å². The van der Waals surface area contributed by atoms with Crippen LogP contribution in [0.5, 0.6) is 0 Å². The van der Waals surface area contributed by atoms with Crippen molar-refractivity contribution in [1.82, 2.24) is 9.55 Å². The van der Waals surface area contributed by atoms with Gasteiger partial charge in [0.1, 0.15) is 17.3 Å². The van der Waals surface area contributed by atoms with Crippen LogP contribution in [0.25, 0.3) is 16.7 Å². The molecule has 0 bridgehead atoms. The molecule has 0 aliphatic heterocycles. The lowest BCUT2D eigenvalue weighted by molar-refractivity contribution is 0.565. The van der Waals surface area contributed by atoms with E-state index in [-0.39, 0.29) is 5.69 Å². The van der Waals surface area contributed by atoms with Crippen molar-refractivity contribution in [1.29, 1.82) is 0 Å². The fraction of sp³-hybridized carbons (Fsp3) is 0.0714. The zero-order chi connectivity index (χ0) is 13.4. The molecule has 96 valence electrons. The largest absolute Gasteiger partial charge is 0.282 e. The molecule has 2 nitrogen and oxygen atoms in total. The number of para-hydroxylation sites is 3. The standard InChI is InChI=1S/C14H10F2N2S/c1-19-14-17-11-7-2-3-8-12(11)18(14)13-9(15)5-4-6-10(13)16/h2-8H,1H3. The van der Waals surface area contributed by atoms with E-state index in [0.29, 0.717) is 10.7 Å². The average molecular weight is 276 g/mol. The van der Waals surface area contributed by atoms with E-state index in [1.807, 2.05) is 24.5 Å². The maximum atomic E-state index is 14.0. The molecule has 19 heavy (non-hydrogen) atoms. The summed E-state index contributed by atoms with van der Waals surface area (Å²) in [4.78, 5) is 4.38. The van der Waals surface area contributed by atoms with Crippen LogP contribution < -0.4 is 0 Å². The van der Waals surface area contributed by atoms with E-state index < -0.39 is 11.6 Å². The van der Waals surface area contributed by atoms with Gasteiger partial charge in [-0.25, -0.2) is 13.8 Å². The first-order chi connectivity index (χ1) is 9.22. The minimum Gasteiger partial charge on any atom is -0.282 e. The number of aromatic nitrogens is 2. The summed E-state index contributed by atoms with van der Waals surface area (Å²) >= 11 is 1.35. The third-order valence-electron chi connectivity index (χ3n) is 2.87. The third-order valence-corrected chi connectivity index (χ3v) is 3.51. The Hall–Kier alpha value is -1.88. The average Bonchev–Trinajstić information content (AvgIpc) is 2.77. The fourth-order valence-electron chi connectivity index (χ4n) is 2.06. The molecule has 0 saturated carbocycles. The maximum absolute atomic E-state index is 14.0. The molecule has 3 rings (SSSR count). The molecule has 0 radical (unpaired) electrons. The van der Waals surface area contributed by atoms with Crippen molar-refractivity contribution in [3.05, 3.63) is 54.1 Å². The fourth-order valence-corrected chi connectivity index (χ4v) is 2.62. The van der Waals surface area contributed by atoms with Gasteiger partial charge in [-0.2, -0.15) is 0 Å². The van der Waals surface area contributed by atoms with Gasteiger partial charge in [0, 0.05) is 0 Å². The van der Waals surface area contributed by atoms with Gasteiger partial charge in [-0.15, -0.1) is 0 Å². The van der Waals surface area contributed by atoms with Crippen LogP contribution in [0.15, 0.2) is 47.6 Å². The zero-order valence-corrected chi connectivity index (χ0v) is 10.9. The first kappa shape index (κ1) is 12.2. The second-order valence-electron chi connectivity index (χ2n) is 3.99. The highest BCUT2D eigenvalue weighted by molar-refractivity contribution is 7.98. The molecule has 0 aliphatic rings. The van der Waals surface area contributed by atoms with E-state index in [1.165, 1.54) is 34.5 Å². The Bertz CT molecular complexity index is 732. The van der Waals surface area contributed by atoms with Gasteiger partial charge >= 0.3 is 0 Å². The van der Waals surface area contributed by atoms with E-state index in [4.69, 9.17) is 0 Å². The van der Waals surface area contributed by atoms with Crippen LogP contribution in [-0.4, -0.2) is 15.8 Å². The molecule has 1 aromatic heterocycles. The number of rotatable bonds is 2. The molecule has 0 amide bonds. The lowest BCUT2D eigenvalue weighted by Gasteiger charge is -2.09. The Morgan fingerprint density at radius 3 is 2.37 bits per heavy atom. The Balaban J connectivity index is 2.41. The van der Waals surface area contributed by atoms with Gasteiger partial charge in [0.2, 0.25) is 0 Å². The predicted molar refractivity (Wildman–Crippen MR) is 72.8 cm³/mol. The highest BCUT2D eigenvalue weighted by Crippen LogP contribution is 2.29. The molecular formula is C14H10F2N2S. The Labute approximate surface area is 113 Å². The predicted octanol–water partition coefficient (Wildman–Crippen LogP) is 4.03. The van der Waals surface area contributed by atoms with Gasteiger partial charge in [0.25, 0.3) is 0 Å². The SMILES string of the molecule is CSc1nc2ccccc2n1-c1c(F)cccc1F. The molecule has 1 heterocycles. The van der Waals surface area contributed by atoms with Crippen LogP contribution >= 0.6 is 11.8 Å². The number of halogens is 2. The van der Waals surface area contributed by atoms with E-state index >= 15 is 0 Å². The van der Waals surface area contributed by atoms with E-state index in [1.54, 1.807) is 6.07 Å². The number of imidazole rings is 1. The number of hydrogen-bond donors (Lipinski definition) is 0. The summed E-state index contributed by atoms with van der Waals surface area (Å²) in [6.07, 6.45) is 1.83. The number of fused-ring (bicyclic) bond motifs is 1. The lowest BCUT2D eigenvalue weighted by atomic mass is 10.2. The molecule has 2 aromatic carbocycles. The highest BCUT2D eigenvalue weighted by Gasteiger charge is 2.17. The smallest absolute Gasteiger partial charge is 0.173 e. The summed E-state index contributed by atoms with van der Waals surface area (Å²) in [5.41, 5.74) is 1.32. The Morgan fingerprint density at radius 1 is 1.00 bits per heavy atom. The summed E-state index contributed by atoms with van der Waals surface area (Å²) in [6.45, 7) is 0. The molecule has 0 aliphatic carbocycles. The zero-order valence-electron chi connectivity index (χ0n) is 10.1. The van der Waals surface area contributed by atoms with E-state index in [2.05, 4.69) is 4.98 Å². The van der Waals surface area contributed by atoms with Crippen molar-refractivity contribution >= 4 is 22.8 Å². The summed E-state index contributed by atoms with van der Waals surface area (Å²) in [5, 5.41) is 0.560. The normalized spacial score (nSPS) is 11.1. The van der Waals surface area contributed by atoms with Crippen molar-refractivity contribution < 1.29 is 8.78 Å². The van der Waals surface area contributed by atoms with E-state index in [9.17, 15) is 8.78 Å². The molecule has 0 fully saturated rings. The molecule has 3 aromatic rings. The third kappa shape index (κ3) is 1.90. The molecule has 0 saturated heterocycles. The first-order valence-corrected chi connectivity index (χ1v) is 6.90. The van der Waals surface area contributed by atoms with Crippen LogP contribution in [-0.2, 0) is 0 Å². The first-order valence-electron chi connectivity index (χ1n) is 5.68. The van der Waals surface area contributed by atoms with E-state index in [0.717, 1.165) is 5.52 Å². The summed E-state index contributed by atoms with van der Waals surface area (Å²) in [5.74, 6) is -1.20. The monoisotopic (exact) mass is 276 g/mol. The molecule has 0 N–H and O–H groups in total. The Morgan fingerprint density at radius 2 is 1.68 bits per heavy atom. The number of thioether (sulfide) groups is 1. The second-order valence-corrected chi connectivity index (χ2v) is 4.77. The summed E-state index contributed by atoms with van der Waals surface area (Å²) in [6, 6.07) is 11.1. The number of nitrogens with zero attached hydrogens (tertiary/aromatic N) is 2. The molecule has 0 atom stereocenters. The van der Waals surface area contributed by atoms with Crippen LogP contribution in [0, 0.1) is 11.6 Å². The lowest BCUT2D eigenvalue weighted by Crippen LogP contribution is -2.02. The van der Waals surface area contributed by atoms with Gasteiger partial charge in [0.05, 0.1) is 11.0 Å². The van der Waals surface area contributed by atoms with Gasteiger partial charge < -0.3 is 0 Å². The van der Waals surface area contributed by atoms with Crippen molar-refractivity contribution in [2.24, 2.45) is 0 Å². The van der Waals surface area contributed by atoms with Gasteiger partial charge in [-0.3, -0.25) is 4.57 Å². The molecular weight excluding hydrogens is 266 g/mol. The Kier molecular flexibility index (Phi) is 2.98. The molecule has 5 heteroatoms. The quantitative estimate of drug-likeness (QED) is 0.658. The van der Waals surface area contributed by atoms with Crippen molar-refractivity contribution in [3.63, 3.8) is 0 Å². The highest BCUT2D eigenvalue weighted by atomic mass is 32.2. The van der Waals surface area contributed by atoms with Crippen LogP contribution in [0.3, 0.4) is 0 Å². The molecule has 0 spiro atoms. The topological polar surface area (TPSA) is 17.8 Å². The second kappa shape index (κ2) is 4.66. The molecule has 0 unspecified atom stereocenters. The van der Waals surface area contributed by atoms with Crippen molar-refractivity contribution in [2.75, 3.05) is 6.26 Å².